The second-order valence-corrected chi connectivity index (χ2v) is 5.29. The molecule has 2 heteroatoms. The first-order valence-corrected chi connectivity index (χ1v) is 6.73. The molecule has 0 radical (unpaired) electrons. The van der Waals surface area contributed by atoms with Gasteiger partial charge in [0.1, 0.15) is 0 Å². The van der Waals surface area contributed by atoms with Crippen molar-refractivity contribution in [2.75, 3.05) is 11.9 Å². The number of benzene rings is 1. The van der Waals surface area contributed by atoms with Crippen LogP contribution < -0.4 is 5.32 Å². The summed E-state index contributed by atoms with van der Waals surface area (Å²) in [5, 5.41) is 3.39. The quantitative estimate of drug-likeness (QED) is 0.805. The number of ketones is 1. The van der Waals surface area contributed by atoms with Gasteiger partial charge in [0.05, 0.1) is 0 Å². The highest BCUT2D eigenvalue weighted by molar-refractivity contribution is 5.99. The van der Waals surface area contributed by atoms with E-state index in [1.165, 1.54) is 30.5 Å². The molecule has 2 aliphatic rings. The Labute approximate surface area is 102 Å². The van der Waals surface area contributed by atoms with E-state index in [1.807, 2.05) is 12.1 Å². The SMILES string of the molecule is O=C(CC1CCC1)c1cccc2c1CCCN2. The van der Waals surface area contributed by atoms with Crippen LogP contribution in [0.15, 0.2) is 18.2 Å². The summed E-state index contributed by atoms with van der Waals surface area (Å²) in [4.78, 5) is 12.3. The molecule has 1 fully saturated rings. The number of fused-ring (bicyclic) bond motifs is 1. The molecule has 3 rings (SSSR count). The maximum atomic E-state index is 12.3. The second kappa shape index (κ2) is 4.52. The third-order valence-corrected chi connectivity index (χ3v) is 4.09. The average molecular weight is 229 g/mol. The fourth-order valence-corrected chi connectivity index (χ4v) is 2.84. The molecular weight excluding hydrogens is 210 g/mol. The Morgan fingerprint density at radius 3 is 2.94 bits per heavy atom. The van der Waals surface area contributed by atoms with Crippen LogP contribution in [0.5, 0.6) is 0 Å². The molecule has 2 nitrogen and oxygen atoms in total. The molecule has 1 aliphatic heterocycles. The number of Topliss-reactive ketones (excluding diaryl/α,β-unsaturated/α-hetero) is 1. The van der Waals surface area contributed by atoms with Gasteiger partial charge in [-0.3, -0.25) is 4.79 Å². The monoisotopic (exact) mass is 229 g/mol. The molecule has 1 aromatic carbocycles. The minimum Gasteiger partial charge on any atom is -0.385 e. The number of anilines is 1. The molecule has 1 aliphatic carbocycles. The molecule has 1 saturated carbocycles. The highest BCUT2D eigenvalue weighted by Gasteiger charge is 2.23. The van der Waals surface area contributed by atoms with Gasteiger partial charge in [0.2, 0.25) is 0 Å². The third kappa shape index (κ3) is 2.08. The molecule has 0 unspecified atom stereocenters. The van der Waals surface area contributed by atoms with Crippen LogP contribution in [0.2, 0.25) is 0 Å². The van der Waals surface area contributed by atoms with Crippen LogP contribution in [0.25, 0.3) is 0 Å². The van der Waals surface area contributed by atoms with Crippen LogP contribution in [0.4, 0.5) is 5.69 Å². The average Bonchev–Trinajstić information content (AvgIpc) is 2.33. The van der Waals surface area contributed by atoms with Crippen molar-refractivity contribution in [1.29, 1.82) is 0 Å². The van der Waals surface area contributed by atoms with Crippen molar-refractivity contribution in [3.8, 4) is 0 Å². The van der Waals surface area contributed by atoms with Gasteiger partial charge in [-0.15, -0.1) is 0 Å². The molecule has 1 heterocycles. The molecule has 1 N–H and O–H groups in total. The van der Waals surface area contributed by atoms with Gasteiger partial charge >= 0.3 is 0 Å². The maximum absolute atomic E-state index is 12.3. The molecule has 0 atom stereocenters. The summed E-state index contributed by atoms with van der Waals surface area (Å²) in [7, 11) is 0. The minimum absolute atomic E-state index is 0.357. The lowest BCUT2D eigenvalue weighted by Gasteiger charge is -2.26. The Balaban J connectivity index is 1.83. The summed E-state index contributed by atoms with van der Waals surface area (Å²) >= 11 is 0. The Morgan fingerprint density at radius 1 is 1.29 bits per heavy atom. The lowest BCUT2D eigenvalue weighted by atomic mass is 9.80. The fraction of sp³-hybridized carbons (Fsp3) is 0.533. The number of carbonyl (C=O) groups excluding carboxylic acids is 1. The van der Waals surface area contributed by atoms with E-state index in [0.29, 0.717) is 11.7 Å². The van der Waals surface area contributed by atoms with E-state index in [-0.39, 0.29) is 0 Å². The van der Waals surface area contributed by atoms with E-state index < -0.39 is 0 Å². The predicted molar refractivity (Wildman–Crippen MR) is 69.5 cm³/mol. The maximum Gasteiger partial charge on any atom is 0.163 e. The molecule has 17 heavy (non-hydrogen) atoms. The van der Waals surface area contributed by atoms with Gasteiger partial charge in [-0.2, -0.15) is 0 Å². The fourth-order valence-electron chi connectivity index (χ4n) is 2.84. The van der Waals surface area contributed by atoms with E-state index in [0.717, 1.165) is 31.4 Å². The molecule has 0 bridgehead atoms. The van der Waals surface area contributed by atoms with Crippen molar-refractivity contribution in [1.82, 2.24) is 0 Å². The number of hydrogen-bond donors (Lipinski definition) is 1. The zero-order valence-corrected chi connectivity index (χ0v) is 10.2. The summed E-state index contributed by atoms with van der Waals surface area (Å²) in [6.45, 7) is 1.03. The van der Waals surface area contributed by atoms with Crippen molar-refractivity contribution in [2.45, 2.75) is 38.5 Å². The second-order valence-electron chi connectivity index (χ2n) is 5.29. The normalized spacial score (nSPS) is 19.1. The van der Waals surface area contributed by atoms with Crippen LogP contribution in [0, 0.1) is 5.92 Å². The number of rotatable bonds is 3. The minimum atomic E-state index is 0.357. The van der Waals surface area contributed by atoms with Crippen molar-refractivity contribution in [3.63, 3.8) is 0 Å². The van der Waals surface area contributed by atoms with Crippen LogP contribution in [0.3, 0.4) is 0 Å². The van der Waals surface area contributed by atoms with E-state index in [4.69, 9.17) is 0 Å². The van der Waals surface area contributed by atoms with Crippen molar-refractivity contribution in [2.24, 2.45) is 5.92 Å². The third-order valence-electron chi connectivity index (χ3n) is 4.09. The number of carbonyl (C=O) groups is 1. The van der Waals surface area contributed by atoms with Crippen molar-refractivity contribution >= 4 is 11.5 Å². The van der Waals surface area contributed by atoms with Gasteiger partial charge in [-0.05, 0) is 30.4 Å². The van der Waals surface area contributed by atoms with Gasteiger partial charge in [-0.25, -0.2) is 0 Å². The predicted octanol–water partition coefficient (Wildman–Crippen LogP) is 3.42. The zero-order valence-electron chi connectivity index (χ0n) is 10.2. The first-order chi connectivity index (χ1) is 8.34. The van der Waals surface area contributed by atoms with E-state index >= 15 is 0 Å². The summed E-state index contributed by atoms with van der Waals surface area (Å²) in [5.41, 5.74) is 3.40. The highest BCUT2D eigenvalue weighted by atomic mass is 16.1. The van der Waals surface area contributed by atoms with E-state index in [2.05, 4.69) is 11.4 Å². The van der Waals surface area contributed by atoms with Gasteiger partial charge in [0.25, 0.3) is 0 Å². The summed E-state index contributed by atoms with van der Waals surface area (Å²) in [6, 6.07) is 6.10. The highest BCUT2D eigenvalue weighted by Crippen LogP contribution is 2.32. The molecular formula is C15H19NO. The molecule has 0 spiro atoms. The van der Waals surface area contributed by atoms with E-state index in [9.17, 15) is 4.79 Å². The van der Waals surface area contributed by atoms with Gasteiger partial charge in [-0.1, -0.05) is 31.4 Å². The van der Waals surface area contributed by atoms with Gasteiger partial charge in [0, 0.05) is 24.2 Å². The summed E-state index contributed by atoms with van der Waals surface area (Å²) in [6.07, 6.45) is 6.76. The van der Waals surface area contributed by atoms with E-state index in [1.54, 1.807) is 0 Å². The summed E-state index contributed by atoms with van der Waals surface area (Å²) in [5.74, 6) is 1.02. The molecule has 1 aromatic rings. The molecule has 0 amide bonds. The molecule has 0 aromatic heterocycles. The smallest absolute Gasteiger partial charge is 0.163 e. The zero-order chi connectivity index (χ0) is 11.7. The Kier molecular flexibility index (Phi) is 2.87. The lowest BCUT2D eigenvalue weighted by molar-refractivity contribution is 0.0935. The lowest BCUT2D eigenvalue weighted by Crippen LogP contribution is -2.19. The van der Waals surface area contributed by atoms with Crippen molar-refractivity contribution < 1.29 is 4.79 Å². The Bertz CT molecular complexity index is 435. The largest absolute Gasteiger partial charge is 0.385 e. The molecule has 0 saturated heterocycles. The topological polar surface area (TPSA) is 29.1 Å². The first-order valence-electron chi connectivity index (χ1n) is 6.73. The Hall–Kier alpha value is -1.31. The van der Waals surface area contributed by atoms with Crippen LogP contribution >= 0.6 is 0 Å². The molecule has 90 valence electrons. The van der Waals surface area contributed by atoms with Crippen LogP contribution in [0.1, 0.15) is 48.0 Å². The first kappa shape index (κ1) is 10.8. The standard InChI is InChI=1S/C15H19NO/c17-15(10-11-4-1-5-11)13-6-2-8-14-12(13)7-3-9-16-14/h2,6,8,11,16H,1,3-5,7,9-10H2. The van der Waals surface area contributed by atoms with Crippen LogP contribution in [-0.2, 0) is 6.42 Å². The van der Waals surface area contributed by atoms with Crippen molar-refractivity contribution in [3.05, 3.63) is 29.3 Å². The summed E-state index contributed by atoms with van der Waals surface area (Å²) < 4.78 is 0. The number of nitrogens with one attached hydrogen (secondary N) is 1. The van der Waals surface area contributed by atoms with Crippen LogP contribution in [-0.4, -0.2) is 12.3 Å². The van der Waals surface area contributed by atoms with Gasteiger partial charge < -0.3 is 5.32 Å². The van der Waals surface area contributed by atoms with Gasteiger partial charge in [0.15, 0.2) is 5.78 Å². The number of hydrogen-bond acceptors (Lipinski definition) is 2. The Morgan fingerprint density at radius 2 is 2.18 bits per heavy atom.